The highest BCUT2D eigenvalue weighted by Crippen LogP contribution is 2.25. The molecule has 1 aliphatic rings. The molecule has 3 nitrogen and oxygen atoms in total. The third-order valence-corrected chi connectivity index (χ3v) is 2.39. The maximum absolute atomic E-state index is 10.8. The Morgan fingerprint density at radius 3 is 2.69 bits per heavy atom. The summed E-state index contributed by atoms with van der Waals surface area (Å²) in [5, 5.41) is 12.1. The lowest BCUT2D eigenvalue weighted by Crippen LogP contribution is -2.35. The fraction of sp³-hybridized carbons (Fsp3) is 0.300. The van der Waals surface area contributed by atoms with E-state index in [0.717, 1.165) is 18.5 Å². The third kappa shape index (κ3) is 1.42. The van der Waals surface area contributed by atoms with E-state index in [2.05, 4.69) is 5.32 Å². The van der Waals surface area contributed by atoms with Gasteiger partial charge >= 0.3 is 5.97 Å². The Bertz CT molecular complexity index is 331. The van der Waals surface area contributed by atoms with Crippen LogP contribution in [0.25, 0.3) is 0 Å². The molecule has 1 atom stereocenters. The van der Waals surface area contributed by atoms with Crippen molar-refractivity contribution >= 4 is 5.97 Å². The Morgan fingerprint density at radius 2 is 2.15 bits per heavy atom. The van der Waals surface area contributed by atoms with Crippen LogP contribution in [-0.2, 0) is 0 Å². The number of benzene rings is 1. The van der Waals surface area contributed by atoms with Crippen LogP contribution in [0.4, 0.5) is 0 Å². The van der Waals surface area contributed by atoms with Crippen molar-refractivity contribution in [3.8, 4) is 0 Å². The number of carboxylic acid groups (broad SMARTS) is 1. The van der Waals surface area contributed by atoms with Gasteiger partial charge in [0.1, 0.15) is 0 Å². The van der Waals surface area contributed by atoms with Crippen molar-refractivity contribution in [2.75, 3.05) is 6.54 Å². The Hall–Kier alpha value is -1.35. The quantitative estimate of drug-likeness (QED) is 0.718. The number of nitrogens with one attached hydrogen (secondary N) is 1. The molecule has 0 aliphatic carbocycles. The number of carboxylic acids is 1. The molecule has 0 aromatic heterocycles. The molecule has 0 spiro atoms. The van der Waals surface area contributed by atoms with Gasteiger partial charge in [0, 0.05) is 6.04 Å². The molecule has 0 unspecified atom stereocenters. The Balaban J connectivity index is 2.36. The van der Waals surface area contributed by atoms with E-state index in [9.17, 15) is 4.79 Å². The van der Waals surface area contributed by atoms with Crippen LogP contribution < -0.4 is 5.32 Å². The monoisotopic (exact) mass is 177 g/mol. The van der Waals surface area contributed by atoms with Crippen molar-refractivity contribution in [1.29, 1.82) is 0 Å². The SMILES string of the molecule is O=C(O)c1ccccc1[C@@H]1CCN1. The van der Waals surface area contributed by atoms with Gasteiger partial charge in [-0.3, -0.25) is 0 Å². The predicted octanol–water partition coefficient (Wildman–Crippen LogP) is 1.42. The molecular formula is C10H11NO2. The average molecular weight is 177 g/mol. The second kappa shape index (κ2) is 3.18. The van der Waals surface area contributed by atoms with E-state index in [0.29, 0.717) is 5.56 Å². The first-order chi connectivity index (χ1) is 6.29. The lowest BCUT2D eigenvalue weighted by Gasteiger charge is -2.28. The highest BCUT2D eigenvalue weighted by Gasteiger charge is 2.22. The summed E-state index contributed by atoms with van der Waals surface area (Å²) in [7, 11) is 0. The summed E-state index contributed by atoms with van der Waals surface area (Å²) < 4.78 is 0. The molecular weight excluding hydrogens is 166 g/mol. The minimum absolute atomic E-state index is 0.243. The van der Waals surface area contributed by atoms with Crippen LogP contribution in [0.5, 0.6) is 0 Å². The molecule has 0 radical (unpaired) electrons. The van der Waals surface area contributed by atoms with Gasteiger partial charge in [-0.25, -0.2) is 4.79 Å². The van der Waals surface area contributed by atoms with Crippen molar-refractivity contribution in [2.45, 2.75) is 12.5 Å². The van der Waals surface area contributed by atoms with Gasteiger partial charge in [0.15, 0.2) is 0 Å². The van der Waals surface area contributed by atoms with Crippen LogP contribution in [0, 0.1) is 0 Å². The van der Waals surface area contributed by atoms with Gasteiger partial charge in [-0.05, 0) is 24.6 Å². The molecule has 68 valence electrons. The van der Waals surface area contributed by atoms with Crippen LogP contribution in [0.2, 0.25) is 0 Å². The van der Waals surface area contributed by atoms with E-state index in [1.807, 2.05) is 12.1 Å². The first-order valence-corrected chi connectivity index (χ1v) is 4.34. The van der Waals surface area contributed by atoms with E-state index in [-0.39, 0.29) is 6.04 Å². The summed E-state index contributed by atoms with van der Waals surface area (Å²) in [6.07, 6.45) is 1.03. The predicted molar refractivity (Wildman–Crippen MR) is 48.8 cm³/mol. The first kappa shape index (κ1) is 8.26. The minimum Gasteiger partial charge on any atom is -0.478 e. The van der Waals surface area contributed by atoms with Crippen LogP contribution >= 0.6 is 0 Å². The fourth-order valence-electron chi connectivity index (χ4n) is 1.55. The minimum atomic E-state index is -0.843. The Kier molecular flexibility index (Phi) is 2.02. The lowest BCUT2D eigenvalue weighted by molar-refractivity contribution is 0.0694. The molecule has 1 fully saturated rings. The van der Waals surface area contributed by atoms with Gasteiger partial charge in [0.25, 0.3) is 0 Å². The van der Waals surface area contributed by atoms with Gasteiger partial charge in [-0.15, -0.1) is 0 Å². The van der Waals surface area contributed by atoms with Crippen molar-refractivity contribution in [1.82, 2.24) is 5.32 Å². The number of hydrogen-bond donors (Lipinski definition) is 2. The van der Waals surface area contributed by atoms with E-state index >= 15 is 0 Å². The molecule has 0 bridgehead atoms. The van der Waals surface area contributed by atoms with E-state index < -0.39 is 5.97 Å². The summed E-state index contributed by atoms with van der Waals surface area (Å²) in [6, 6.07) is 7.40. The zero-order chi connectivity index (χ0) is 9.26. The maximum Gasteiger partial charge on any atom is 0.336 e. The maximum atomic E-state index is 10.8. The van der Waals surface area contributed by atoms with Crippen LogP contribution in [0.15, 0.2) is 24.3 Å². The van der Waals surface area contributed by atoms with E-state index in [4.69, 9.17) is 5.11 Å². The molecule has 2 rings (SSSR count). The fourth-order valence-corrected chi connectivity index (χ4v) is 1.55. The molecule has 1 aromatic rings. The summed E-state index contributed by atoms with van der Waals surface area (Å²) >= 11 is 0. The highest BCUT2D eigenvalue weighted by molar-refractivity contribution is 5.89. The topological polar surface area (TPSA) is 49.3 Å². The molecule has 2 N–H and O–H groups in total. The zero-order valence-electron chi connectivity index (χ0n) is 7.16. The van der Waals surface area contributed by atoms with Gasteiger partial charge in [0.2, 0.25) is 0 Å². The highest BCUT2D eigenvalue weighted by atomic mass is 16.4. The zero-order valence-corrected chi connectivity index (χ0v) is 7.16. The summed E-state index contributed by atoms with van der Waals surface area (Å²) in [5.41, 5.74) is 1.32. The van der Waals surface area contributed by atoms with Crippen molar-refractivity contribution in [3.63, 3.8) is 0 Å². The number of rotatable bonds is 2. The first-order valence-electron chi connectivity index (χ1n) is 4.34. The molecule has 1 heterocycles. The number of aromatic carboxylic acids is 1. The average Bonchev–Trinajstić information content (AvgIpc) is 2.02. The molecule has 1 aromatic carbocycles. The molecule has 3 heteroatoms. The van der Waals surface area contributed by atoms with E-state index in [1.54, 1.807) is 12.1 Å². The number of carbonyl (C=O) groups is 1. The molecule has 13 heavy (non-hydrogen) atoms. The van der Waals surface area contributed by atoms with Gasteiger partial charge < -0.3 is 10.4 Å². The van der Waals surface area contributed by atoms with Gasteiger partial charge in [-0.1, -0.05) is 18.2 Å². The smallest absolute Gasteiger partial charge is 0.336 e. The van der Waals surface area contributed by atoms with Crippen molar-refractivity contribution in [2.24, 2.45) is 0 Å². The second-order valence-electron chi connectivity index (χ2n) is 3.19. The Morgan fingerprint density at radius 1 is 1.46 bits per heavy atom. The largest absolute Gasteiger partial charge is 0.478 e. The third-order valence-electron chi connectivity index (χ3n) is 2.39. The van der Waals surface area contributed by atoms with Gasteiger partial charge in [0.05, 0.1) is 5.56 Å². The normalized spacial score (nSPS) is 20.8. The molecule has 0 saturated carbocycles. The van der Waals surface area contributed by atoms with Gasteiger partial charge in [-0.2, -0.15) is 0 Å². The number of hydrogen-bond acceptors (Lipinski definition) is 2. The molecule has 0 amide bonds. The molecule has 1 saturated heterocycles. The van der Waals surface area contributed by atoms with Crippen LogP contribution in [-0.4, -0.2) is 17.6 Å². The van der Waals surface area contributed by atoms with Crippen LogP contribution in [0.3, 0.4) is 0 Å². The van der Waals surface area contributed by atoms with E-state index in [1.165, 1.54) is 0 Å². The standard InChI is InChI=1S/C10H11NO2/c12-10(13)8-4-2-1-3-7(8)9-5-6-11-9/h1-4,9,11H,5-6H2,(H,12,13)/t9-/m0/s1. The Labute approximate surface area is 76.4 Å². The lowest BCUT2D eigenvalue weighted by atomic mass is 9.94. The molecule has 1 aliphatic heterocycles. The summed E-state index contributed by atoms with van der Waals surface area (Å²) in [4.78, 5) is 10.8. The van der Waals surface area contributed by atoms with Crippen molar-refractivity contribution < 1.29 is 9.90 Å². The summed E-state index contributed by atoms with van der Waals surface area (Å²) in [5.74, 6) is -0.843. The summed E-state index contributed by atoms with van der Waals surface area (Å²) in [6.45, 7) is 0.985. The second-order valence-corrected chi connectivity index (χ2v) is 3.19. The van der Waals surface area contributed by atoms with Crippen LogP contribution in [0.1, 0.15) is 28.4 Å². The van der Waals surface area contributed by atoms with Crippen molar-refractivity contribution in [3.05, 3.63) is 35.4 Å².